The molecule has 0 radical (unpaired) electrons. The Morgan fingerprint density at radius 1 is 1.38 bits per heavy atom. The van der Waals surface area contributed by atoms with Crippen LogP contribution in [-0.4, -0.2) is 47.1 Å². The van der Waals surface area contributed by atoms with Crippen molar-refractivity contribution in [3.8, 4) is 0 Å². The highest BCUT2D eigenvalue weighted by Crippen LogP contribution is 2.23. The topological polar surface area (TPSA) is 95.7 Å². The normalized spacial score (nSPS) is 15.0. The first-order chi connectivity index (χ1) is 10.1. The van der Waals surface area contributed by atoms with E-state index >= 15 is 0 Å². The molecule has 0 aliphatic carbocycles. The smallest absolute Gasteiger partial charge is 0.342 e. The van der Waals surface area contributed by atoms with Crippen LogP contribution in [0.15, 0.2) is 18.2 Å². The molecule has 1 aliphatic heterocycles. The van der Waals surface area contributed by atoms with E-state index < -0.39 is 10.9 Å². The van der Waals surface area contributed by atoms with Crippen molar-refractivity contribution in [1.29, 1.82) is 0 Å². The number of hydrogen-bond acceptors (Lipinski definition) is 5. The molecule has 0 saturated carbocycles. The minimum absolute atomic E-state index is 0.289. The number of benzene rings is 1. The van der Waals surface area contributed by atoms with E-state index in [0.29, 0.717) is 12.2 Å². The number of carboxylic acids is 1. The molecule has 0 amide bonds. The number of nitrogens with zero attached hydrogens (tertiary/aromatic N) is 2. The molecule has 1 aromatic rings. The fourth-order valence-electron chi connectivity index (χ4n) is 2.52. The third kappa shape index (κ3) is 4.16. The highest BCUT2D eigenvalue weighted by molar-refractivity contribution is 5.93. The van der Waals surface area contributed by atoms with Gasteiger partial charge in [0.05, 0.1) is 4.92 Å². The maximum absolute atomic E-state index is 10.9. The van der Waals surface area contributed by atoms with Gasteiger partial charge in [0.2, 0.25) is 0 Å². The van der Waals surface area contributed by atoms with Crippen LogP contribution in [0.25, 0.3) is 0 Å². The number of hydrogen-bond donors (Lipinski definition) is 2. The van der Waals surface area contributed by atoms with Crippen molar-refractivity contribution in [2.24, 2.45) is 0 Å². The maximum Gasteiger partial charge on any atom is 0.342 e. The highest BCUT2D eigenvalue weighted by atomic mass is 16.6. The molecule has 1 saturated heterocycles. The van der Waals surface area contributed by atoms with Crippen LogP contribution >= 0.6 is 0 Å². The van der Waals surface area contributed by atoms with Crippen LogP contribution in [-0.2, 0) is 0 Å². The quantitative estimate of drug-likeness (QED) is 0.454. The molecule has 0 spiro atoms. The number of likely N-dealkylation sites (tertiary alicyclic amines) is 1. The molecule has 7 nitrogen and oxygen atoms in total. The van der Waals surface area contributed by atoms with Crippen molar-refractivity contribution >= 4 is 17.3 Å². The van der Waals surface area contributed by atoms with Crippen LogP contribution in [0.2, 0.25) is 0 Å². The second kappa shape index (κ2) is 7.03. The first-order valence-electron chi connectivity index (χ1n) is 7.06. The van der Waals surface area contributed by atoms with E-state index in [9.17, 15) is 14.9 Å². The van der Waals surface area contributed by atoms with Gasteiger partial charge >= 0.3 is 5.97 Å². The number of aromatic carboxylic acids is 1. The first kappa shape index (κ1) is 15.2. The summed E-state index contributed by atoms with van der Waals surface area (Å²) in [7, 11) is 0. The van der Waals surface area contributed by atoms with Crippen molar-refractivity contribution in [2.75, 3.05) is 31.5 Å². The molecule has 1 aliphatic rings. The molecular weight excluding hydrogens is 274 g/mol. The molecule has 114 valence electrons. The van der Waals surface area contributed by atoms with Gasteiger partial charge in [-0.3, -0.25) is 10.1 Å². The third-order valence-electron chi connectivity index (χ3n) is 3.60. The molecule has 21 heavy (non-hydrogen) atoms. The second-order valence-electron chi connectivity index (χ2n) is 5.12. The summed E-state index contributed by atoms with van der Waals surface area (Å²) < 4.78 is 0. The molecule has 7 heteroatoms. The zero-order valence-corrected chi connectivity index (χ0v) is 11.7. The van der Waals surface area contributed by atoms with E-state index in [1.54, 1.807) is 6.07 Å². The number of anilines is 1. The standard InChI is InChI=1S/C14H19N3O4/c18-14(19)12-5-4-11(10-13(12)17(20)21)15-6-3-9-16-7-1-2-8-16/h4-5,10,15H,1-3,6-9H2,(H,18,19). The zero-order chi connectivity index (χ0) is 15.2. The van der Waals surface area contributed by atoms with Crippen molar-refractivity contribution in [3.63, 3.8) is 0 Å². The van der Waals surface area contributed by atoms with Gasteiger partial charge in [0.25, 0.3) is 5.69 Å². The Bertz CT molecular complexity index is 527. The van der Waals surface area contributed by atoms with Gasteiger partial charge in [-0.15, -0.1) is 0 Å². The van der Waals surface area contributed by atoms with Gasteiger partial charge in [-0.1, -0.05) is 0 Å². The molecule has 0 atom stereocenters. The summed E-state index contributed by atoms with van der Waals surface area (Å²) in [5.41, 5.74) is -0.0946. The largest absolute Gasteiger partial charge is 0.477 e. The average Bonchev–Trinajstić information content (AvgIpc) is 2.96. The minimum atomic E-state index is -1.29. The third-order valence-corrected chi connectivity index (χ3v) is 3.60. The number of carbonyl (C=O) groups is 1. The van der Waals surface area contributed by atoms with Crippen molar-refractivity contribution in [2.45, 2.75) is 19.3 Å². The zero-order valence-electron chi connectivity index (χ0n) is 11.7. The average molecular weight is 293 g/mol. The van der Waals surface area contributed by atoms with Crippen molar-refractivity contribution in [1.82, 2.24) is 4.90 Å². The van der Waals surface area contributed by atoms with Gasteiger partial charge in [0.15, 0.2) is 0 Å². The van der Waals surface area contributed by atoms with Gasteiger partial charge in [0, 0.05) is 18.3 Å². The molecule has 1 heterocycles. The number of nitro benzene ring substituents is 1. The summed E-state index contributed by atoms with van der Waals surface area (Å²) in [5, 5.41) is 22.9. The SMILES string of the molecule is O=C(O)c1ccc(NCCCN2CCCC2)cc1[N+](=O)[O-]. The summed E-state index contributed by atoms with van der Waals surface area (Å²) in [6, 6.07) is 4.11. The molecule has 1 aromatic carbocycles. The van der Waals surface area contributed by atoms with E-state index in [-0.39, 0.29) is 11.3 Å². The van der Waals surface area contributed by atoms with Crippen LogP contribution in [0.5, 0.6) is 0 Å². The van der Waals surface area contributed by atoms with Crippen LogP contribution in [0.3, 0.4) is 0 Å². The van der Waals surface area contributed by atoms with Gasteiger partial charge in [-0.05, 0) is 51.0 Å². The predicted octanol–water partition coefficient (Wildman–Crippen LogP) is 2.19. The van der Waals surface area contributed by atoms with Crippen molar-refractivity contribution < 1.29 is 14.8 Å². The number of nitrogens with one attached hydrogen (secondary N) is 1. The summed E-state index contributed by atoms with van der Waals surface area (Å²) in [6.45, 7) is 4.03. The van der Waals surface area contributed by atoms with E-state index in [0.717, 1.165) is 26.1 Å². The maximum atomic E-state index is 10.9. The Hall–Kier alpha value is -2.15. The summed E-state index contributed by atoms with van der Waals surface area (Å²) >= 11 is 0. The Labute approximate surface area is 122 Å². The molecule has 2 N–H and O–H groups in total. The minimum Gasteiger partial charge on any atom is -0.477 e. The first-order valence-corrected chi connectivity index (χ1v) is 7.06. The Balaban J connectivity index is 1.89. The van der Waals surface area contributed by atoms with E-state index in [2.05, 4.69) is 10.2 Å². The monoisotopic (exact) mass is 293 g/mol. The Morgan fingerprint density at radius 2 is 2.10 bits per heavy atom. The van der Waals surface area contributed by atoms with E-state index in [4.69, 9.17) is 5.11 Å². The fourth-order valence-corrected chi connectivity index (χ4v) is 2.52. The van der Waals surface area contributed by atoms with Gasteiger partial charge in [-0.25, -0.2) is 4.79 Å². The molecule has 0 bridgehead atoms. The lowest BCUT2D eigenvalue weighted by atomic mass is 10.1. The second-order valence-corrected chi connectivity index (χ2v) is 5.12. The molecule has 1 fully saturated rings. The molecule has 0 aromatic heterocycles. The summed E-state index contributed by atoms with van der Waals surface area (Å²) in [5.74, 6) is -1.29. The van der Waals surface area contributed by atoms with E-state index in [1.807, 2.05) is 0 Å². The van der Waals surface area contributed by atoms with Crippen LogP contribution < -0.4 is 5.32 Å². The Morgan fingerprint density at radius 3 is 2.71 bits per heavy atom. The predicted molar refractivity (Wildman–Crippen MR) is 78.8 cm³/mol. The number of carboxylic acid groups (broad SMARTS) is 1. The molecule has 0 unspecified atom stereocenters. The lowest BCUT2D eigenvalue weighted by Gasteiger charge is -2.14. The van der Waals surface area contributed by atoms with Crippen LogP contribution in [0, 0.1) is 10.1 Å². The summed E-state index contributed by atoms with van der Waals surface area (Å²) in [4.78, 5) is 23.5. The van der Waals surface area contributed by atoms with Crippen LogP contribution in [0.4, 0.5) is 11.4 Å². The fraction of sp³-hybridized carbons (Fsp3) is 0.500. The lowest BCUT2D eigenvalue weighted by molar-refractivity contribution is -0.385. The van der Waals surface area contributed by atoms with Crippen molar-refractivity contribution in [3.05, 3.63) is 33.9 Å². The number of nitro groups is 1. The molecular formula is C14H19N3O4. The Kier molecular flexibility index (Phi) is 5.10. The number of rotatable bonds is 7. The molecule has 2 rings (SSSR count). The van der Waals surface area contributed by atoms with E-state index in [1.165, 1.54) is 25.0 Å². The van der Waals surface area contributed by atoms with Gasteiger partial charge in [-0.2, -0.15) is 0 Å². The summed E-state index contributed by atoms with van der Waals surface area (Å²) in [6.07, 6.45) is 3.47. The van der Waals surface area contributed by atoms with Gasteiger partial charge < -0.3 is 15.3 Å². The highest BCUT2D eigenvalue weighted by Gasteiger charge is 2.19. The van der Waals surface area contributed by atoms with Gasteiger partial charge in [0.1, 0.15) is 5.56 Å². The van der Waals surface area contributed by atoms with Crippen LogP contribution in [0.1, 0.15) is 29.6 Å². The lowest BCUT2D eigenvalue weighted by Crippen LogP contribution is -2.22.